The summed E-state index contributed by atoms with van der Waals surface area (Å²) in [5.41, 5.74) is 2.40. The minimum Gasteiger partial charge on any atom is -0.469 e. The predicted molar refractivity (Wildman–Crippen MR) is 111 cm³/mol. The van der Waals surface area contributed by atoms with Crippen molar-refractivity contribution in [3.05, 3.63) is 71.3 Å². The lowest BCUT2D eigenvalue weighted by Gasteiger charge is -2.19. The van der Waals surface area contributed by atoms with Crippen molar-refractivity contribution in [3.8, 4) is 0 Å². The second-order valence-electron chi connectivity index (χ2n) is 7.82. The molecule has 0 fully saturated rings. The van der Waals surface area contributed by atoms with Crippen molar-refractivity contribution >= 4 is 17.8 Å². The van der Waals surface area contributed by atoms with Crippen molar-refractivity contribution in [2.45, 2.75) is 38.6 Å². The zero-order chi connectivity index (χ0) is 21.4. The molecule has 6 heteroatoms. The fraction of sp³-hybridized carbons (Fsp3) is 0.348. The Kier molecular flexibility index (Phi) is 7.53. The summed E-state index contributed by atoms with van der Waals surface area (Å²) >= 11 is 0. The summed E-state index contributed by atoms with van der Waals surface area (Å²) in [6, 6.07) is 15.9. The Balaban J connectivity index is 1.96. The normalized spacial score (nSPS) is 12.0. The fourth-order valence-electron chi connectivity index (χ4n) is 2.82. The molecule has 0 saturated heterocycles. The molecular weight excluding hydrogens is 368 g/mol. The van der Waals surface area contributed by atoms with Gasteiger partial charge in [-0.25, -0.2) is 0 Å². The molecule has 2 N–H and O–H groups in total. The highest BCUT2D eigenvalue weighted by Gasteiger charge is 2.19. The van der Waals surface area contributed by atoms with Gasteiger partial charge < -0.3 is 15.4 Å². The van der Waals surface area contributed by atoms with Crippen LogP contribution in [-0.4, -0.2) is 31.4 Å². The minimum atomic E-state index is -0.529. The highest BCUT2D eigenvalue weighted by molar-refractivity contribution is 5.96. The van der Waals surface area contributed by atoms with Crippen molar-refractivity contribution in [2.75, 3.05) is 13.7 Å². The van der Waals surface area contributed by atoms with Crippen LogP contribution in [0.3, 0.4) is 0 Å². The van der Waals surface area contributed by atoms with Crippen molar-refractivity contribution in [3.63, 3.8) is 0 Å². The van der Waals surface area contributed by atoms with E-state index in [4.69, 9.17) is 4.74 Å². The van der Waals surface area contributed by atoms with E-state index >= 15 is 0 Å². The van der Waals surface area contributed by atoms with Crippen LogP contribution in [0.4, 0.5) is 0 Å². The van der Waals surface area contributed by atoms with Crippen LogP contribution in [0.25, 0.3) is 0 Å². The Morgan fingerprint density at radius 3 is 2.14 bits per heavy atom. The number of benzene rings is 2. The summed E-state index contributed by atoms with van der Waals surface area (Å²) in [4.78, 5) is 36.3. The largest absolute Gasteiger partial charge is 0.469 e. The standard InChI is InChI=1S/C23H28N2O4/c1-23(2,3)18-12-10-17(11-13-18)22(28)24-15-20(26)25-19(14-21(27)29-4)16-8-6-5-7-9-16/h5-13,19H,14-15H2,1-4H3,(H,24,28)(H,25,26). The van der Waals surface area contributed by atoms with Gasteiger partial charge in [0.25, 0.3) is 5.91 Å². The zero-order valence-corrected chi connectivity index (χ0v) is 17.3. The van der Waals surface area contributed by atoms with Gasteiger partial charge in [-0.15, -0.1) is 0 Å². The molecule has 29 heavy (non-hydrogen) atoms. The Bertz CT molecular complexity index is 839. The summed E-state index contributed by atoms with van der Waals surface area (Å²) < 4.78 is 4.71. The van der Waals surface area contributed by atoms with Crippen LogP contribution in [0.1, 0.15) is 54.7 Å². The van der Waals surface area contributed by atoms with Crippen LogP contribution in [0.15, 0.2) is 54.6 Å². The predicted octanol–water partition coefficient (Wildman–Crippen LogP) is 3.13. The fourth-order valence-corrected chi connectivity index (χ4v) is 2.82. The lowest BCUT2D eigenvalue weighted by molar-refractivity contribution is -0.141. The third-order valence-corrected chi connectivity index (χ3v) is 4.56. The number of amides is 2. The molecule has 0 bridgehead atoms. The maximum Gasteiger partial charge on any atom is 0.307 e. The lowest BCUT2D eigenvalue weighted by Crippen LogP contribution is -2.39. The lowest BCUT2D eigenvalue weighted by atomic mass is 9.87. The Morgan fingerprint density at radius 2 is 1.59 bits per heavy atom. The Labute approximate surface area is 171 Å². The molecule has 0 saturated carbocycles. The molecule has 0 heterocycles. The average Bonchev–Trinajstić information content (AvgIpc) is 2.71. The van der Waals surface area contributed by atoms with Crippen LogP contribution in [0.5, 0.6) is 0 Å². The van der Waals surface area contributed by atoms with Crippen molar-refractivity contribution in [2.24, 2.45) is 0 Å². The first-order chi connectivity index (χ1) is 13.7. The van der Waals surface area contributed by atoms with E-state index in [1.165, 1.54) is 7.11 Å². The highest BCUT2D eigenvalue weighted by Crippen LogP contribution is 2.22. The van der Waals surface area contributed by atoms with Gasteiger partial charge in [-0.3, -0.25) is 14.4 Å². The monoisotopic (exact) mass is 396 g/mol. The third-order valence-electron chi connectivity index (χ3n) is 4.56. The molecule has 6 nitrogen and oxygen atoms in total. The number of carbonyl (C=O) groups excluding carboxylic acids is 3. The van der Waals surface area contributed by atoms with E-state index in [0.29, 0.717) is 5.56 Å². The molecule has 0 aliphatic heterocycles. The van der Waals surface area contributed by atoms with Crippen molar-refractivity contribution in [1.82, 2.24) is 10.6 Å². The van der Waals surface area contributed by atoms with E-state index in [1.54, 1.807) is 12.1 Å². The number of hydrogen-bond donors (Lipinski definition) is 2. The quantitative estimate of drug-likeness (QED) is 0.704. The van der Waals surface area contributed by atoms with E-state index in [9.17, 15) is 14.4 Å². The molecule has 0 aliphatic rings. The van der Waals surface area contributed by atoms with Crippen LogP contribution >= 0.6 is 0 Å². The molecule has 2 amide bonds. The van der Waals surface area contributed by atoms with Crippen molar-refractivity contribution < 1.29 is 19.1 Å². The summed E-state index contributed by atoms with van der Waals surface area (Å²) in [5, 5.41) is 5.39. The number of ether oxygens (including phenoxy) is 1. The van der Waals surface area contributed by atoms with Gasteiger partial charge >= 0.3 is 5.97 Å². The Hall–Kier alpha value is -3.15. The minimum absolute atomic E-state index is 0.000973. The zero-order valence-electron chi connectivity index (χ0n) is 17.3. The first-order valence-corrected chi connectivity index (χ1v) is 9.50. The van der Waals surface area contributed by atoms with E-state index in [0.717, 1.165) is 11.1 Å². The van der Waals surface area contributed by atoms with Gasteiger partial charge in [0.05, 0.1) is 26.1 Å². The smallest absolute Gasteiger partial charge is 0.307 e. The molecule has 2 rings (SSSR count). The molecule has 154 valence electrons. The molecular formula is C23H28N2O4. The molecule has 0 spiro atoms. The number of methoxy groups -OCH3 is 1. The molecule has 2 aromatic carbocycles. The molecule has 0 aromatic heterocycles. The number of hydrogen-bond acceptors (Lipinski definition) is 4. The number of esters is 1. The summed E-state index contributed by atoms with van der Waals surface area (Å²) in [5.74, 6) is -1.14. The first kappa shape index (κ1) is 22.1. The van der Waals surface area contributed by atoms with E-state index in [2.05, 4.69) is 31.4 Å². The van der Waals surface area contributed by atoms with Gasteiger partial charge in [-0.2, -0.15) is 0 Å². The number of nitrogens with one attached hydrogen (secondary N) is 2. The highest BCUT2D eigenvalue weighted by atomic mass is 16.5. The van der Waals surface area contributed by atoms with E-state index in [1.807, 2.05) is 42.5 Å². The van der Waals surface area contributed by atoms with Crippen LogP contribution in [-0.2, 0) is 19.7 Å². The number of carbonyl (C=O) groups is 3. The molecule has 0 radical (unpaired) electrons. The maximum absolute atomic E-state index is 12.3. The molecule has 1 unspecified atom stereocenters. The molecule has 0 aliphatic carbocycles. The second-order valence-corrected chi connectivity index (χ2v) is 7.82. The van der Waals surface area contributed by atoms with Crippen LogP contribution < -0.4 is 10.6 Å². The number of rotatable bonds is 7. The second kappa shape index (κ2) is 9.87. The maximum atomic E-state index is 12.3. The van der Waals surface area contributed by atoms with Crippen LogP contribution in [0, 0.1) is 0 Å². The van der Waals surface area contributed by atoms with Gasteiger partial charge in [0, 0.05) is 5.56 Å². The van der Waals surface area contributed by atoms with Gasteiger partial charge in [0.1, 0.15) is 0 Å². The molecule has 2 aromatic rings. The van der Waals surface area contributed by atoms with E-state index < -0.39 is 12.0 Å². The Morgan fingerprint density at radius 1 is 0.966 bits per heavy atom. The summed E-state index contributed by atoms with van der Waals surface area (Å²) in [6.07, 6.45) is 0.00840. The van der Waals surface area contributed by atoms with Gasteiger partial charge in [0.2, 0.25) is 5.91 Å². The average molecular weight is 396 g/mol. The van der Waals surface area contributed by atoms with Gasteiger partial charge in [-0.1, -0.05) is 63.2 Å². The SMILES string of the molecule is COC(=O)CC(NC(=O)CNC(=O)c1ccc(C(C)(C)C)cc1)c1ccccc1. The molecule has 1 atom stereocenters. The van der Waals surface area contributed by atoms with Crippen molar-refractivity contribution in [1.29, 1.82) is 0 Å². The first-order valence-electron chi connectivity index (χ1n) is 9.50. The van der Waals surface area contributed by atoms with Gasteiger partial charge in [-0.05, 0) is 28.7 Å². The third kappa shape index (κ3) is 6.75. The van der Waals surface area contributed by atoms with Gasteiger partial charge in [0.15, 0.2) is 0 Å². The van der Waals surface area contributed by atoms with Crippen LogP contribution in [0.2, 0.25) is 0 Å². The summed E-state index contributed by atoms with van der Waals surface area (Å²) in [6.45, 7) is 6.11. The topological polar surface area (TPSA) is 84.5 Å². The summed E-state index contributed by atoms with van der Waals surface area (Å²) in [7, 11) is 1.30. The van der Waals surface area contributed by atoms with E-state index in [-0.39, 0.29) is 30.2 Å².